The van der Waals surface area contributed by atoms with E-state index in [9.17, 15) is 14.0 Å². The number of esters is 1. The van der Waals surface area contributed by atoms with Gasteiger partial charge in [-0.2, -0.15) is 0 Å². The zero-order valence-electron chi connectivity index (χ0n) is 14.5. The number of anilines is 1. The third-order valence-corrected chi connectivity index (χ3v) is 3.94. The molecule has 1 N–H and O–H groups in total. The largest absolute Gasteiger partial charge is 0.462 e. The molecule has 2 rings (SSSR count). The Morgan fingerprint density at radius 1 is 1.20 bits per heavy atom. The van der Waals surface area contributed by atoms with E-state index in [0.29, 0.717) is 16.1 Å². The van der Waals surface area contributed by atoms with Crippen LogP contribution in [-0.2, 0) is 9.47 Å². The maximum atomic E-state index is 13.2. The molecule has 0 bridgehead atoms. The molecule has 1 aromatic carbocycles. The molecule has 7 heteroatoms. The van der Waals surface area contributed by atoms with Gasteiger partial charge in [0.1, 0.15) is 22.0 Å². The summed E-state index contributed by atoms with van der Waals surface area (Å²) in [6.07, 6.45) is -0.662. The molecule has 1 heterocycles. The number of ether oxygens (including phenoxy) is 2. The predicted octanol–water partition coefficient (Wildman–Crippen LogP) is 5.08. The summed E-state index contributed by atoms with van der Waals surface area (Å²) in [6.45, 7) is 7.14. The zero-order chi connectivity index (χ0) is 18.6. The lowest BCUT2D eigenvalue weighted by atomic mass is 10.0. The van der Waals surface area contributed by atoms with Crippen LogP contribution >= 0.6 is 11.3 Å². The van der Waals surface area contributed by atoms with Gasteiger partial charge < -0.3 is 9.47 Å². The van der Waals surface area contributed by atoms with Gasteiger partial charge in [-0.3, -0.25) is 5.32 Å². The molecule has 1 amide bonds. The molecule has 0 aliphatic carbocycles. The van der Waals surface area contributed by atoms with Crippen LogP contribution in [0.25, 0.3) is 11.1 Å². The molecule has 0 saturated heterocycles. The van der Waals surface area contributed by atoms with E-state index in [1.807, 2.05) is 0 Å². The lowest BCUT2D eigenvalue weighted by Gasteiger charge is -2.19. The fourth-order valence-corrected chi connectivity index (χ4v) is 3.04. The minimum atomic E-state index is -0.662. The van der Waals surface area contributed by atoms with Gasteiger partial charge in [-0.15, -0.1) is 11.3 Å². The van der Waals surface area contributed by atoms with Gasteiger partial charge in [-0.05, 0) is 45.4 Å². The quantitative estimate of drug-likeness (QED) is 0.768. The van der Waals surface area contributed by atoms with Crippen LogP contribution in [0.2, 0.25) is 0 Å². The van der Waals surface area contributed by atoms with E-state index in [1.54, 1.807) is 45.2 Å². The summed E-state index contributed by atoms with van der Waals surface area (Å²) in [4.78, 5) is 24.4. The van der Waals surface area contributed by atoms with Crippen LogP contribution in [0.4, 0.5) is 14.2 Å². The molecular weight excluding hydrogens is 345 g/mol. The zero-order valence-corrected chi connectivity index (χ0v) is 15.3. The van der Waals surface area contributed by atoms with Crippen molar-refractivity contribution in [1.29, 1.82) is 0 Å². The first-order valence-corrected chi connectivity index (χ1v) is 8.63. The fraction of sp³-hybridized carbons (Fsp3) is 0.333. The van der Waals surface area contributed by atoms with E-state index in [2.05, 4.69) is 5.32 Å². The van der Waals surface area contributed by atoms with E-state index >= 15 is 0 Å². The first-order chi connectivity index (χ1) is 11.7. The van der Waals surface area contributed by atoms with Crippen molar-refractivity contribution in [2.45, 2.75) is 33.3 Å². The van der Waals surface area contributed by atoms with Crippen LogP contribution in [0, 0.1) is 5.82 Å². The van der Waals surface area contributed by atoms with Gasteiger partial charge in [0, 0.05) is 10.9 Å². The maximum Gasteiger partial charge on any atom is 0.412 e. The van der Waals surface area contributed by atoms with E-state index < -0.39 is 17.7 Å². The monoisotopic (exact) mass is 365 g/mol. The van der Waals surface area contributed by atoms with Gasteiger partial charge in [-0.25, -0.2) is 14.0 Å². The molecule has 5 nitrogen and oxygen atoms in total. The third-order valence-electron chi connectivity index (χ3n) is 3.04. The summed E-state index contributed by atoms with van der Waals surface area (Å²) >= 11 is 1.18. The smallest absolute Gasteiger partial charge is 0.412 e. The third kappa shape index (κ3) is 5.03. The standard InChI is InChI=1S/C18H20FNO4S/c1-5-23-16(21)14-13(11-6-8-12(19)9-7-11)10-25-15(14)20-17(22)24-18(2,3)4/h6-10H,5H2,1-4H3,(H,20,22). The van der Waals surface area contributed by atoms with Crippen LogP contribution in [0.3, 0.4) is 0 Å². The van der Waals surface area contributed by atoms with Gasteiger partial charge in [0.05, 0.1) is 6.61 Å². The number of nitrogens with one attached hydrogen (secondary N) is 1. The first-order valence-electron chi connectivity index (χ1n) is 7.76. The van der Waals surface area contributed by atoms with E-state index in [0.717, 1.165) is 0 Å². The summed E-state index contributed by atoms with van der Waals surface area (Å²) in [5, 5.41) is 4.63. The lowest BCUT2D eigenvalue weighted by Crippen LogP contribution is -2.27. The van der Waals surface area contributed by atoms with Crippen LogP contribution in [0.15, 0.2) is 29.6 Å². The fourth-order valence-electron chi connectivity index (χ4n) is 2.09. The minimum absolute atomic E-state index is 0.198. The molecule has 0 atom stereocenters. The summed E-state index contributed by atoms with van der Waals surface area (Å²) in [6, 6.07) is 5.75. The molecule has 0 spiro atoms. The molecule has 134 valence electrons. The minimum Gasteiger partial charge on any atom is -0.462 e. The van der Waals surface area contributed by atoms with Crippen LogP contribution in [0.5, 0.6) is 0 Å². The van der Waals surface area contributed by atoms with E-state index in [4.69, 9.17) is 9.47 Å². The Labute approximate surface area is 149 Å². The van der Waals surface area contributed by atoms with Crippen molar-refractivity contribution in [2.75, 3.05) is 11.9 Å². The molecule has 25 heavy (non-hydrogen) atoms. The molecule has 0 unspecified atom stereocenters. The SMILES string of the molecule is CCOC(=O)c1c(-c2ccc(F)cc2)csc1NC(=O)OC(C)(C)C. The van der Waals surface area contributed by atoms with Crippen molar-refractivity contribution >= 4 is 28.4 Å². The van der Waals surface area contributed by atoms with Crippen LogP contribution in [0.1, 0.15) is 38.1 Å². The van der Waals surface area contributed by atoms with Gasteiger partial charge in [0.25, 0.3) is 0 Å². The Morgan fingerprint density at radius 2 is 1.84 bits per heavy atom. The summed E-state index contributed by atoms with van der Waals surface area (Å²) in [5.41, 5.74) is 0.780. The molecule has 0 fully saturated rings. The second-order valence-electron chi connectivity index (χ2n) is 6.21. The average Bonchev–Trinajstić information content (AvgIpc) is 2.89. The summed E-state index contributed by atoms with van der Waals surface area (Å²) in [7, 11) is 0. The van der Waals surface area contributed by atoms with Gasteiger partial charge in [0.15, 0.2) is 0 Å². The number of halogens is 1. The van der Waals surface area contributed by atoms with Crippen molar-refractivity contribution in [2.24, 2.45) is 0 Å². The van der Waals surface area contributed by atoms with E-state index in [1.165, 1.54) is 23.5 Å². The molecule has 0 saturated carbocycles. The Kier molecular flexibility index (Phi) is 5.79. The lowest BCUT2D eigenvalue weighted by molar-refractivity contribution is 0.0529. The highest BCUT2D eigenvalue weighted by Gasteiger charge is 2.24. The summed E-state index contributed by atoms with van der Waals surface area (Å²) < 4.78 is 23.5. The number of carbonyl (C=O) groups excluding carboxylic acids is 2. The second-order valence-corrected chi connectivity index (χ2v) is 7.09. The Morgan fingerprint density at radius 3 is 2.40 bits per heavy atom. The molecule has 1 aromatic heterocycles. The van der Waals surface area contributed by atoms with Crippen molar-refractivity contribution in [3.63, 3.8) is 0 Å². The topological polar surface area (TPSA) is 64.6 Å². The van der Waals surface area contributed by atoms with Crippen LogP contribution < -0.4 is 5.32 Å². The van der Waals surface area contributed by atoms with Gasteiger partial charge >= 0.3 is 12.1 Å². The number of benzene rings is 1. The van der Waals surface area contributed by atoms with E-state index in [-0.39, 0.29) is 18.0 Å². The number of hydrogen-bond acceptors (Lipinski definition) is 5. The number of carbonyl (C=O) groups is 2. The van der Waals surface area contributed by atoms with Gasteiger partial charge in [-0.1, -0.05) is 12.1 Å². The Balaban J connectivity index is 2.38. The van der Waals surface area contributed by atoms with Crippen molar-refractivity contribution in [3.05, 3.63) is 41.0 Å². The highest BCUT2D eigenvalue weighted by atomic mass is 32.1. The average molecular weight is 365 g/mol. The highest BCUT2D eigenvalue weighted by Crippen LogP contribution is 2.36. The van der Waals surface area contributed by atoms with Crippen molar-refractivity contribution in [3.8, 4) is 11.1 Å². The van der Waals surface area contributed by atoms with Crippen molar-refractivity contribution < 1.29 is 23.5 Å². The van der Waals surface area contributed by atoms with Gasteiger partial charge in [0.2, 0.25) is 0 Å². The maximum absolute atomic E-state index is 13.2. The Bertz CT molecular complexity index is 762. The van der Waals surface area contributed by atoms with Crippen molar-refractivity contribution in [1.82, 2.24) is 0 Å². The molecule has 2 aromatic rings. The predicted molar refractivity (Wildman–Crippen MR) is 95.5 cm³/mol. The van der Waals surface area contributed by atoms with Crippen LogP contribution in [-0.4, -0.2) is 24.3 Å². The number of amides is 1. The second kappa shape index (κ2) is 7.65. The Hall–Kier alpha value is -2.41. The normalized spacial score (nSPS) is 11.1. The number of hydrogen-bond donors (Lipinski definition) is 1. The molecule has 0 aliphatic rings. The molecular formula is C18H20FNO4S. The number of rotatable bonds is 4. The highest BCUT2D eigenvalue weighted by molar-refractivity contribution is 7.15. The molecule has 0 aliphatic heterocycles. The number of thiophene rings is 1. The first kappa shape index (κ1) is 18.9. The molecule has 0 radical (unpaired) electrons. The summed E-state index contributed by atoms with van der Waals surface area (Å²) in [5.74, 6) is -0.932.